The lowest BCUT2D eigenvalue weighted by atomic mass is 10.1. The molecule has 1 aromatic rings. The Morgan fingerprint density at radius 3 is 3.05 bits per heavy atom. The van der Waals surface area contributed by atoms with Gasteiger partial charge in [-0.3, -0.25) is 9.67 Å². The van der Waals surface area contributed by atoms with E-state index in [2.05, 4.69) is 42.3 Å². The van der Waals surface area contributed by atoms with Gasteiger partial charge in [-0.15, -0.1) is 0 Å². The zero-order chi connectivity index (χ0) is 15.8. The van der Waals surface area contributed by atoms with Crippen LogP contribution in [0.3, 0.4) is 0 Å². The largest absolute Gasteiger partial charge is 0.381 e. The molecule has 0 amide bonds. The molecule has 1 fully saturated rings. The molecule has 1 aromatic heterocycles. The van der Waals surface area contributed by atoms with Gasteiger partial charge >= 0.3 is 0 Å². The molecule has 0 aromatic carbocycles. The van der Waals surface area contributed by atoms with Crippen LogP contribution in [-0.4, -0.2) is 60.0 Å². The van der Waals surface area contributed by atoms with Crippen molar-refractivity contribution in [3.63, 3.8) is 0 Å². The summed E-state index contributed by atoms with van der Waals surface area (Å²) in [5, 5.41) is 7.70. The van der Waals surface area contributed by atoms with Crippen LogP contribution in [0, 0.1) is 12.8 Å². The first-order valence-corrected chi connectivity index (χ1v) is 8.33. The highest BCUT2D eigenvalue weighted by molar-refractivity contribution is 5.80. The summed E-state index contributed by atoms with van der Waals surface area (Å²) in [5.41, 5.74) is 1.19. The minimum atomic E-state index is 0.623. The molecule has 0 aliphatic carbocycles. The van der Waals surface area contributed by atoms with Crippen molar-refractivity contribution in [1.82, 2.24) is 20.0 Å². The summed E-state index contributed by atoms with van der Waals surface area (Å²) < 4.78 is 7.50. The monoisotopic (exact) mass is 307 g/mol. The summed E-state index contributed by atoms with van der Waals surface area (Å²) in [6.07, 6.45) is 5.12. The first-order valence-electron chi connectivity index (χ1n) is 8.33. The molecule has 22 heavy (non-hydrogen) atoms. The molecule has 2 heterocycles. The highest BCUT2D eigenvalue weighted by Gasteiger charge is 2.24. The van der Waals surface area contributed by atoms with E-state index in [-0.39, 0.29) is 0 Å². The minimum absolute atomic E-state index is 0.623. The molecule has 124 valence electrons. The van der Waals surface area contributed by atoms with Crippen LogP contribution in [0.2, 0.25) is 0 Å². The quantitative estimate of drug-likeness (QED) is 0.613. The lowest BCUT2D eigenvalue weighted by Gasteiger charge is -2.21. The lowest BCUT2D eigenvalue weighted by Crippen LogP contribution is -2.40. The summed E-state index contributed by atoms with van der Waals surface area (Å²) in [4.78, 5) is 7.09. The van der Waals surface area contributed by atoms with Gasteiger partial charge in [-0.1, -0.05) is 0 Å². The zero-order valence-corrected chi connectivity index (χ0v) is 14.1. The molecule has 1 aliphatic heterocycles. The van der Waals surface area contributed by atoms with Crippen molar-refractivity contribution >= 4 is 5.96 Å². The van der Waals surface area contributed by atoms with Gasteiger partial charge < -0.3 is 15.0 Å². The molecule has 0 spiro atoms. The molecule has 6 nitrogen and oxygen atoms in total. The second-order valence-corrected chi connectivity index (χ2v) is 5.78. The minimum Gasteiger partial charge on any atom is -0.381 e. The van der Waals surface area contributed by atoms with E-state index in [1.807, 2.05) is 10.9 Å². The highest BCUT2D eigenvalue weighted by atomic mass is 16.5. The number of ether oxygens (including phenoxy) is 1. The average molecular weight is 307 g/mol. The van der Waals surface area contributed by atoms with Gasteiger partial charge in [0.05, 0.1) is 25.9 Å². The predicted octanol–water partition coefficient (Wildman–Crippen LogP) is 1.52. The van der Waals surface area contributed by atoms with Crippen molar-refractivity contribution in [3.05, 3.63) is 18.0 Å². The molecule has 1 aliphatic rings. The van der Waals surface area contributed by atoms with Crippen LogP contribution in [0.15, 0.2) is 17.4 Å². The summed E-state index contributed by atoms with van der Waals surface area (Å²) in [6, 6.07) is 0. The SMILES string of the molecule is CCNC(=NCCn1cc(C)cn1)N1CCC(COCC)C1. The zero-order valence-electron chi connectivity index (χ0n) is 14.1. The van der Waals surface area contributed by atoms with E-state index < -0.39 is 0 Å². The fourth-order valence-electron chi connectivity index (χ4n) is 2.72. The number of guanidine groups is 1. The van der Waals surface area contributed by atoms with Crippen LogP contribution >= 0.6 is 0 Å². The lowest BCUT2D eigenvalue weighted by molar-refractivity contribution is 0.114. The number of rotatable bonds is 7. The van der Waals surface area contributed by atoms with Gasteiger partial charge in [0.1, 0.15) is 0 Å². The number of nitrogens with one attached hydrogen (secondary N) is 1. The van der Waals surface area contributed by atoms with Crippen molar-refractivity contribution < 1.29 is 4.74 Å². The van der Waals surface area contributed by atoms with Gasteiger partial charge in [0.15, 0.2) is 5.96 Å². The first kappa shape index (κ1) is 16.8. The molecule has 1 N–H and O–H groups in total. The standard InChI is InChI=1S/C16H29N5O/c1-4-17-16(18-7-9-21-11-14(3)10-19-21)20-8-6-15(12-20)13-22-5-2/h10-11,15H,4-9,12-13H2,1-3H3,(H,17,18). The van der Waals surface area contributed by atoms with E-state index in [0.717, 1.165) is 51.9 Å². The third-order valence-electron chi connectivity index (χ3n) is 3.83. The third-order valence-corrected chi connectivity index (χ3v) is 3.83. The Bertz CT molecular complexity index is 471. The molecule has 1 atom stereocenters. The van der Waals surface area contributed by atoms with Crippen LogP contribution in [-0.2, 0) is 11.3 Å². The molecule has 6 heteroatoms. The van der Waals surface area contributed by atoms with Gasteiger partial charge in [0.25, 0.3) is 0 Å². The Balaban J connectivity index is 1.84. The van der Waals surface area contributed by atoms with E-state index in [4.69, 9.17) is 9.73 Å². The van der Waals surface area contributed by atoms with Crippen molar-refractivity contribution in [2.75, 3.05) is 39.4 Å². The van der Waals surface area contributed by atoms with Crippen LogP contribution in [0.4, 0.5) is 0 Å². The Labute approximate surface area is 133 Å². The van der Waals surface area contributed by atoms with Crippen LogP contribution in [0.1, 0.15) is 25.8 Å². The van der Waals surface area contributed by atoms with Crippen LogP contribution < -0.4 is 5.32 Å². The molecule has 0 radical (unpaired) electrons. The van der Waals surface area contributed by atoms with Crippen molar-refractivity contribution in [2.45, 2.75) is 33.7 Å². The summed E-state index contributed by atoms with van der Waals surface area (Å²) >= 11 is 0. The second-order valence-electron chi connectivity index (χ2n) is 5.78. The second kappa shape index (κ2) is 8.78. The fraction of sp³-hybridized carbons (Fsp3) is 0.750. The Morgan fingerprint density at radius 1 is 1.50 bits per heavy atom. The highest BCUT2D eigenvalue weighted by Crippen LogP contribution is 2.16. The molecular formula is C16H29N5O. The van der Waals surface area contributed by atoms with Crippen molar-refractivity contribution in [3.8, 4) is 0 Å². The molecule has 0 bridgehead atoms. The normalized spacial score (nSPS) is 19.0. The van der Waals surface area contributed by atoms with Crippen molar-refractivity contribution in [2.24, 2.45) is 10.9 Å². The number of aliphatic imine (C=N–C) groups is 1. The maximum absolute atomic E-state index is 5.55. The van der Waals surface area contributed by atoms with E-state index in [1.165, 1.54) is 12.0 Å². The molecule has 0 saturated carbocycles. The number of likely N-dealkylation sites (tertiary alicyclic amines) is 1. The van der Waals surface area contributed by atoms with E-state index in [0.29, 0.717) is 5.92 Å². The van der Waals surface area contributed by atoms with E-state index in [9.17, 15) is 0 Å². The van der Waals surface area contributed by atoms with Gasteiger partial charge in [-0.2, -0.15) is 5.10 Å². The first-order chi connectivity index (χ1) is 10.7. The topological polar surface area (TPSA) is 54.7 Å². The van der Waals surface area contributed by atoms with Gasteiger partial charge in [-0.05, 0) is 32.8 Å². The summed E-state index contributed by atoms with van der Waals surface area (Å²) in [5.74, 6) is 1.64. The van der Waals surface area contributed by atoms with E-state index >= 15 is 0 Å². The molecular weight excluding hydrogens is 278 g/mol. The van der Waals surface area contributed by atoms with Gasteiger partial charge in [0, 0.05) is 38.4 Å². The number of aromatic nitrogens is 2. The number of hydrogen-bond donors (Lipinski definition) is 1. The Morgan fingerprint density at radius 2 is 2.36 bits per heavy atom. The van der Waals surface area contributed by atoms with Crippen LogP contribution in [0.25, 0.3) is 0 Å². The predicted molar refractivity (Wildman–Crippen MR) is 89.1 cm³/mol. The Kier molecular flexibility index (Phi) is 6.71. The third kappa shape index (κ3) is 5.02. The van der Waals surface area contributed by atoms with Gasteiger partial charge in [-0.25, -0.2) is 0 Å². The summed E-state index contributed by atoms with van der Waals surface area (Å²) in [7, 11) is 0. The smallest absolute Gasteiger partial charge is 0.193 e. The summed E-state index contributed by atoms with van der Waals surface area (Å²) in [6.45, 7) is 12.4. The molecule has 1 unspecified atom stereocenters. The van der Waals surface area contributed by atoms with Crippen LogP contribution in [0.5, 0.6) is 0 Å². The molecule has 1 saturated heterocycles. The van der Waals surface area contributed by atoms with E-state index in [1.54, 1.807) is 0 Å². The Hall–Kier alpha value is -1.56. The number of nitrogens with zero attached hydrogens (tertiary/aromatic N) is 4. The maximum Gasteiger partial charge on any atom is 0.193 e. The average Bonchev–Trinajstić information content (AvgIpc) is 3.13. The molecule has 2 rings (SSSR count). The number of aryl methyl sites for hydroxylation is 1. The van der Waals surface area contributed by atoms with Gasteiger partial charge in [0.2, 0.25) is 0 Å². The number of hydrogen-bond acceptors (Lipinski definition) is 3. The van der Waals surface area contributed by atoms with Crippen molar-refractivity contribution in [1.29, 1.82) is 0 Å². The fourth-order valence-corrected chi connectivity index (χ4v) is 2.72. The maximum atomic E-state index is 5.55.